The van der Waals surface area contributed by atoms with Crippen molar-refractivity contribution in [1.29, 1.82) is 0 Å². The van der Waals surface area contributed by atoms with Gasteiger partial charge in [-0.05, 0) is 12.5 Å². The Balaban J connectivity index is 2.48. The van der Waals surface area contributed by atoms with Crippen molar-refractivity contribution in [3.63, 3.8) is 0 Å². The average molecular weight is 203 g/mol. The molecule has 78 valence electrons. The van der Waals surface area contributed by atoms with Crippen LogP contribution < -0.4 is 5.32 Å². The number of halogens is 3. The fraction of sp³-hybridized carbons (Fsp3) is 0.400. The third-order valence-corrected chi connectivity index (χ3v) is 1.91. The summed E-state index contributed by atoms with van der Waals surface area (Å²) in [5.74, 6) is 0. The maximum absolute atomic E-state index is 11.9. The molecule has 1 aromatic rings. The zero-order valence-electron chi connectivity index (χ0n) is 7.81. The largest absolute Gasteiger partial charge is 0.401 e. The van der Waals surface area contributed by atoms with Crippen LogP contribution >= 0.6 is 0 Å². The first-order valence-electron chi connectivity index (χ1n) is 4.34. The van der Waals surface area contributed by atoms with E-state index in [1.54, 1.807) is 31.2 Å². The minimum absolute atomic E-state index is 0.280. The summed E-state index contributed by atoms with van der Waals surface area (Å²) in [6, 6.07) is 8.77. The fourth-order valence-electron chi connectivity index (χ4n) is 1.13. The molecule has 1 nitrogen and oxygen atoms in total. The summed E-state index contributed by atoms with van der Waals surface area (Å²) < 4.78 is 35.6. The van der Waals surface area contributed by atoms with Crippen LogP contribution in [0.4, 0.5) is 13.2 Å². The SMILES string of the molecule is CC(NCC(F)(F)F)c1ccccc1. The van der Waals surface area contributed by atoms with E-state index in [2.05, 4.69) is 5.32 Å². The fourth-order valence-corrected chi connectivity index (χ4v) is 1.13. The highest BCUT2D eigenvalue weighted by atomic mass is 19.4. The highest BCUT2D eigenvalue weighted by Gasteiger charge is 2.27. The molecule has 0 spiro atoms. The van der Waals surface area contributed by atoms with Crippen molar-refractivity contribution in [2.24, 2.45) is 0 Å². The van der Waals surface area contributed by atoms with E-state index in [-0.39, 0.29) is 6.04 Å². The molecular weight excluding hydrogens is 191 g/mol. The van der Waals surface area contributed by atoms with E-state index in [0.717, 1.165) is 5.56 Å². The first kappa shape index (κ1) is 11.0. The highest BCUT2D eigenvalue weighted by molar-refractivity contribution is 5.17. The average Bonchev–Trinajstić information content (AvgIpc) is 2.14. The summed E-state index contributed by atoms with van der Waals surface area (Å²) in [4.78, 5) is 0. The van der Waals surface area contributed by atoms with E-state index in [9.17, 15) is 13.2 Å². The zero-order valence-corrected chi connectivity index (χ0v) is 7.81. The monoisotopic (exact) mass is 203 g/mol. The highest BCUT2D eigenvalue weighted by Crippen LogP contribution is 2.16. The predicted octanol–water partition coefficient (Wildman–Crippen LogP) is 2.90. The summed E-state index contributed by atoms with van der Waals surface area (Å²) in [6.45, 7) is 0.754. The van der Waals surface area contributed by atoms with Crippen molar-refractivity contribution in [2.45, 2.75) is 19.1 Å². The van der Waals surface area contributed by atoms with Crippen LogP contribution in [0.1, 0.15) is 18.5 Å². The van der Waals surface area contributed by atoms with Crippen LogP contribution in [0.2, 0.25) is 0 Å². The van der Waals surface area contributed by atoms with E-state index in [1.807, 2.05) is 6.07 Å². The molecule has 0 aliphatic carbocycles. The Bertz CT molecular complexity index is 268. The molecule has 0 fully saturated rings. The molecule has 4 heteroatoms. The molecule has 0 aliphatic heterocycles. The van der Waals surface area contributed by atoms with Gasteiger partial charge in [0, 0.05) is 6.04 Å². The van der Waals surface area contributed by atoms with Gasteiger partial charge in [0.05, 0.1) is 6.54 Å². The van der Waals surface area contributed by atoms with Crippen molar-refractivity contribution in [2.75, 3.05) is 6.54 Å². The van der Waals surface area contributed by atoms with Crippen LogP contribution in [0.3, 0.4) is 0 Å². The van der Waals surface area contributed by atoms with E-state index in [1.165, 1.54) is 0 Å². The maximum atomic E-state index is 11.9. The van der Waals surface area contributed by atoms with Gasteiger partial charge in [-0.3, -0.25) is 0 Å². The second kappa shape index (κ2) is 4.46. The predicted molar refractivity (Wildman–Crippen MR) is 48.9 cm³/mol. The van der Waals surface area contributed by atoms with Gasteiger partial charge in [0.2, 0.25) is 0 Å². The third-order valence-electron chi connectivity index (χ3n) is 1.91. The first-order chi connectivity index (χ1) is 6.49. The standard InChI is InChI=1S/C10H12F3N/c1-8(14-7-10(11,12)13)9-5-3-2-4-6-9/h2-6,8,14H,7H2,1H3. The summed E-state index contributed by atoms with van der Waals surface area (Å²) >= 11 is 0. The molecule has 0 saturated carbocycles. The molecular formula is C10H12F3N. The molecule has 0 aromatic heterocycles. The molecule has 14 heavy (non-hydrogen) atoms. The van der Waals surface area contributed by atoms with Gasteiger partial charge < -0.3 is 5.32 Å². The van der Waals surface area contributed by atoms with E-state index in [0.29, 0.717) is 0 Å². The van der Waals surface area contributed by atoms with E-state index < -0.39 is 12.7 Å². The molecule has 1 unspecified atom stereocenters. The van der Waals surface area contributed by atoms with Gasteiger partial charge in [-0.2, -0.15) is 13.2 Å². The molecule has 1 aromatic carbocycles. The normalized spacial score (nSPS) is 14.0. The number of benzene rings is 1. The second-order valence-corrected chi connectivity index (χ2v) is 3.13. The Morgan fingerprint density at radius 2 is 1.79 bits per heavy atom. The lowest BCUT2D eigenvalue weighted by atomic mass is 10.1. The second-order valence-electron chi connectivity index (χ2n) is 3.13. The van der Waals surface area contributed by atoms with Gasteiger partial charge in [0.1, 0.15) is 0 Å². The van der Waals surface area contributed by atoms with Crippen LogP contribution in [0.15, 0.2) is 30.3 Å². The lowest BCUT2D eigenvalue weighted by Gasteiger charge is -2.15. The Morgan fingerprint density at radius 3 is 2.29 bits per heavy atom. The third kappa shape index (κ3) is 3.79. The number of nitrogens with one attached hydrogen (secondary N) is 1. The molecule has 1 atom stereocenters. The maximum Gasteiger partial charge on any atom is 0.401 e. The van der Waals surface area contributed by atoms with Gasteiger partial charge in [-0.15, -0.1) is 0 Å². The van der Waals surface area contributed by atoms with E-state index >= 15 is 0 Å². The smallest absolute Gasteiger partial charge is 0.302 e. The summed E-state index contributed by atoms with van der Waals surface area (Å²) in [5, 5.41) is 2.41. The van der Waals surface area contributed by atoms with Crippen molar-refractivity contribution >= 4 is 0 Å². The van der Waals surface area contributed by atoms with Crippen LogP contribution in [-0.4, -0.2) is 12.7 Å². The topological polar surface area (TPSA) is 12.0 Å². The minimum Gasteiger partial charge on any atom is -0.302 e. The first-order valence-corrected chi connectivity index (χ1v) is 4.34. The Labute approximate surface area is 80.9 Å². The van der Waals surface area contributed by atoms with Crippen molar-refractivity contribution in [3.8, 4) is 0 Å². The molecule has 1 N–H and O–H groups in total. The Morgan fingerprint density at radius 1 is 1.21 bits per heavy atom. The number of hydrogen-bond donors (Lipinski definition) is 1. The van der Waals surface area contributed by atoms with Gasteiger partial charge in [0.25, 0.3) is 0 Å². The Kier molecular flexibility index (Phi) is 3.52. The van der Waals surface area contributed by atoms with E-state index in [4.69, 9.17) is 0 Å². The van der Waals surface area contributed by atoms with Gasteiger partial charge in [-0.25, -0.2) is 0 Å². The van der Waals surface area contributed by atoms with Gasteiger partial charge in [-0.1, -0.05) is 30.3 Å². The minimum atomic E-state index is -4.15. The molecule has 1 rings (SSSR count). The van der Waals surface area contributed by atoms with Crippen molar-refractivity contribution in [1.82, 2.24) is 5.32 Å². The van der Waals surface area contributed by atoms with Gasteiger partial charge >= 0.3 is 6.18 Å². The molecule has 0 aliphatic rings. The molecule has 0 radical (unpaired) electrons. The van der Waals surface area contributed by atoms with Gasteiger partial charge in [0.15, 0.2) is 0 Å². The summed E-state index contributed by atoms with van der Waals surface area (Å²) in [7, 11) is 0. The lowest BCUT2D eigenvalue weighted by Crippen LogP contribution is -2.30. The number of rotatable bonds is 3. The van der Waals surface area contributed by atoms with Crippen LogP contribution in [0.5, 0.6) is 0 Å². The number of alkyl halides is 3. The van der Waals surface area contributed by atoms with Crippen LogP contribution in [-0.2, 0) is 0 Å². The molecule has 0 amide bonds. The van der Waals surface area contributed by atoms with Crippen LogP contribution in [0, 0.1) is 0 Å². The quantitative estimate of drug-likeness (QED) is 0.796. The van der Waals surface area contributed by atoms with Crippen molar-refractivity contribution < 1.29 is 13.2 Å². The number of hydrogen-bond acceptors (Lipinski definition) is 1. The van der Waals surface area contributed by atoms with Crippen LogP contribution in [0.25, 0.3) is 0 Å². The molecule has 0 saturated heterocycles. The lowest BCUT2D eigenvalue weighted by molar-refractivity contribution is -0.126. The molecule has 0 bridgehead atoms. The zero-order chi connectivity index (χ0) is 10.6. The summed E-state index contributed by atoms with van der Waals surface area (Å²) in [6.07, 6.45) is -4.15. The van der Waals surface area contributed by atoms with Crippen molar-refractivity contribution in [3.05, 3.63) is 35.9 Å². The molecule has 0 heterocycles. The Hall–Kier alpha value is -1.03. The summed E-state index contributed by atoms with van der Waals surface area (Å²) in [5.41, 5.74) is 0.858.